The molecule has 0 aliphatic rings. The molecule has 0 spiro atoms. The van der Waals surface area contributed by atoms with E-state index in [0.29, 0.717) is 34.5 Å². The van der Waals surface area contributed by atoms with Gasteiger partial charge in [0.05, 0.1) is 23.9 Å². The third-order valence-electron chi connectivity index (χ3n) is 5.25. The summed E-state index contributed by atoms with van der Waals surface area (Å²) in [7, 11) is 0. The number of hydrogen-bond donors (Lipinski definition) is 2. The van der Waals surface area contributed by atoms with E-state index in [4.69, 9.17) is 20.4 Å². The van der Waals surface area contributed by atoms with E-state index < -0.39 is 0 Å². The fraction of sp³-hybridized carbons (Fsp3) is 0.0769. The van der Waals surface area contributed by atoms with Gasteiger partial charge in [0.1, 0.15) is 22.6 Å². The van der Waals surface area contributed by atoms with Crippen molar-refractivity contribution in [1.82, 2.24) is 14.6 Å². The number of hydrogen-bond acceptors (Lipinski definition) is 6. The van der Waals surface area contributed by atoms with Crippen LogP contribution in [-0.2, 0) is 0 Å². The zero-order valence-corrected chi connectivity index (χ0v) is 18.5. The second-order valence-electron chi connectivity index (χ2n) is 7.52. The Hall–Kier alpha value is -4.72. The lowest BCUT2D eigenvalue weighted by molar-refractivity contribution is 0.102. The Morgan fingerprint density at radius 3 is 2.38 bits per heavy atom. The van der Waals surface area contributed by atoms with E-state index in [1.165, 1.54) is 4.68 Å². The molecule has 0 saturated carbocycles. The normalized spacial score (nSPS) is 11.3. The fourth-order valence-corrected chi connectivity index (χ4v) is 3.64. The number of amides is 1. The van der Waals surface area contributed by atoms with Crippen LogP contribution in [-0.4, -0.2) is 33.4 Å². The summed E-state index contributed by atoms with van der Waals surface area (Å²) < 4.78 is 6.94. The number of carbonyl (C=O) groups is 1. The number of fused-ring (bicyclic) bond motifs is 2. The number of para-hydroxylation sites is 3. The van der Waals surface area contributed by atoms with Gasteiger partial charge in [0.2, 0.25) is 0 Å². The largest absolute Gasteiger partial charge is 0.494 e. The molecular weight excluding hydrogens is 428 g/mol. The number of ether oxygens (including phenoxy) is 1. The summed E-state index contributed by atoms with van der Waals surface area (Å²) in [6.45, 7) is 2.53. The zero-order valence-electron chi connectivity index (χ0n) is 18.5. The monoisotopic (exact) mass is 450 g/mol. The number of nitrogens with two attached hydrogens (primary N) is 1. The molecule has 8 heteroatoms. The van der Waals surface area contributed by atoms with Crippen LogP contribution in [0, 0.1) is 0 Å². The first-order valence-electron chi connectivity index (χ1n) is 10.8. The second-order valence-corrected chi connectivity index (χ2v) is 7.52. The van der Waals surface area contributed by atoms with E-state index in [-0.39, 0.29) is 17.3 Å². The molecule has 0 fully saturated rings. The quantitative estimate of drug-likeness (QED) is 0.365. The summed E-state index contributed by atoms with van der Waals surface area (Å²) in [6.07, 6.45) is 1.65. The minimum absolute atomic E-state index is 0.154. The lowest BCUT2D eigenvalue weighted by Gasteiger charge is -2.05. The highest BCUT2D eigenvalue weighted by molar-refractivity contribution is 6.16. The van der Waals surface area contributed by atoms with Crippen LogP contribution in [0.4, 0.5) is 11.5 Å². The van der Waals surface area contributed by atoms with Gasteiger partial charge in [-0.2, -0.15) is 9.78 Å². The SMILES string of the molecule is CCOc1ccc(/C=N/n2c(N)c(C(=O)Nc3ccccc3)c3nc4ccccc4nc32)cc1. The Kier molecular flexibility index (Phi) is 5.61. The highest BCUT2D eigenvalue weighted by Gasteiger charge is 2.24. The number of carbonyl (C=O) groups excluding carboxylic acids is 1. The van der Waals surface area contributed by atoms with Gasteiger partial charge >= 0.3 is 0 Å². The molecule has 0 atom stereocenters. The van der Waals surface area contributed by atoms with E-state index in [1.807, 2.05) is 73.7 Å². The lowest BCUT2D eigenvalue weighted by atomic mass is 10.2. The number of nitrogen functional groups attached to an aromatic ring is 1. The van der Waals surface area contributed by atoms with Crippen molar-refractivity contribution in [2.24, 2.45) is 5.10 Å². The van der Waals surface area contributed by atoms with Crippen LogP contribution in [0.25, 0.3) is 22.2 Å². The molecule has 3 N–H and O–H groups in total. The fourth-order valence-electron chi connectivity index (χ4n) is 3.64. The minimum Gasteiger partial charge on any atom is -0.494 e. The maximum absolute atomic E-state index is 13.2. The Morgan fingerprint density at radius 2 is 1.68 bits per heavy atom. The summed E-state index contributed by atoms with van der Waals surface area (Å²) in [5, 5.41) is 7.42. The summed E-state index contributed by atoms with van der Waals surface area (Å²) in [4.78, 5) is 22.6. The van der Waals surface area contributed by atoms with Crippen LogP contribution in [0.5, 0.6) is 5.75 Å². The van der Waals surface area contributed by atoms with Gasteiger partial charge < -0.3 is 15.8 Å². The Bertz CT molecular complexity index is 1510. The third-order valence-corrected chi connectivity index (χ3v) is 5.25. The van der Waals surface area contributed by atoms with Gasteiger partial charge in [-0.05, 0) is 61.0 Å². The van der Waals surface area contributed by atoms with Gasteiger partial charge in [-0.1, -0.05) is 30.3 Å². The van der Waals surface area contributed by atoms with Crippen molar-refractivity contribution >= 4 is 45.8 Å². The topological polar surface area (TPSA) is 107 Å². The maximum Gasteiger partial charge on any atom is 0.261 e. The Morgan fingerprint density at radius 1 is 1.00 bits per heavy atom. The number of aromatic nitrogens is 3. The molecule has 34 heavy (non-hydrogen) atoms. The summed E-state index contributed by atoms with van der Waals surface area (Å²) in [5.74, 6) is 0.553. The minimum atomic E-state index is -0.381. The predicted octanol–water partition coefficient (Wildman–Crippen LogP) is 4.70. The van der Waals surface area contributed by atoms with E-state index in [2.05, 4.69) is 10.4 Å². The number of nitrogens with zero attached hydrogens (tertiary/aromatic N) is 4. The van der Waals surface area contributed by atoms with E-state index in [1.54, 1.807) is 18.3 Å². The van der Waals surface area contributed by atoms with Crippen LogP contribution in [0.3, 0.4) is 0 Å². The molecule has 0 aliphatic heterocycles. The molecule has 5 aromatic rings. The number of benzene rings is 3. The van der Waals surface area contributed by atoms with Crippen LogP contribution in [0.1, 0.15) is 22.8 Å². The van der Waals surface area contributed by atoms with Crippen molar-refractivity contribution in [1.29, 1.82) is 0 Å². The lowest BCUT2D eigenvalue weighted by Crippen LogP contribution is -2.14. The molecule has 5 rings (SSSR count). The van der Waals surface area contributed by atoms with Crippen LogP contribution in [0.2, 0.25) is 0 Å². The predicted molar refractivity (Wildman–Crippen MR) is 134 cm³/mol. The molecule has 0 bridgehead atoms. The summed E-state index contributed by atoms with van der Waals surface area (Å²) in [5.41, 5.74) is 10.3. The maximum atomic E-state index is 13.2. The zero-order chi connectivity index (χ0) is 23.5. The first-order valence-corrected chi connectivity index (χ1v) is 10.8. The van der Waals surface area contributed by atoms with E-state index >= 15 is 0 Å². The Labute approximate surface area is 195 Å². The van der Waals surface area contributed by atoms with Crippen molar-refractivity contribution < 1.29 is 9.53 Å². The van der Waals surface area contributed by atoms with Crippen molar-refractivity contribution in [2.45, 2.75) is 6.92 Å². The third kappa shape index (κ3) is 4.04. The second kappa shape index (κ2) is 9.03. The number of rotatable bonds is 6. The van der Waals surface area contributed by atoms with Crippen LogP contribution in [0.15, 0.2) is 84.0 Å². The molecule has 0 unspecified atom stereocenters. The molecule has 1 amide bonds. The van der Waals surface area contributed by atoms with Gasteiger partial charge in [-0.25, -0.2) is 9.97 Å². The van der Waals surface area contributed by atoms with Crippen molar-refractivity contribution in [3.63, 3.8) is 0 Å². The first-order chi connectivity index (χ1) is 16.6. The molecule has 8 nitrogen and oxygen atoms in total. The summed E-state index contributed by atoms with van der Waals surface area (Å²) in [6, 6.07) is 24.1. The number of anilines is 2. The van der Waals surface area contributed by atoms with Gasteiger partial charge in [-0.3, -0.25) is 4.79 Å². The highest BCUT2D eigenvalue weighted by Crippen LogP contribution is 2.28. The van der Waals surface area contributed by atoms with Crippen LogP contribution >= 0.6 is 0 Å². The number of nitrogens with one attached hydrogen (secondary N) is 1. The molecule has 0 aliphatic carbocycles. The van der Waals surface area contributed by atoms with E-state index in [9.17, 15) is 4.79 Å². The molecular formula is C26H22N6O2. The van der Waals surface area contributed by atoms with Crippen molar-refractivity contribution in [3.8, 4) is 5.75 Å². The molecule has 0 radical (unpaired) electrons. The summed E-state index contributed by atoms with van der Waals surface area (Å²) >= 11 is 0. The molecule has 2 heterocycles. The van der Waals surface area contributed by atoms with Gasteiger partial charge in [0.15, 0.2) is 5.65 Å². The van der Waals surface area contributed by atoms with Crippen LogP contribution < -0.4 is 15.8 Å². The standard InChI is InChI=1S/C26H22N6O2/c1-2-34-19-14-12-17(13-15-19)16-28-32-24(27)22(26(33)29-18-8-4-3-5-9-18)23-25(32)31-21-11-7-6-10-20(21)30-23/h3-16H,2,27H2,1H3,(H,29,33)/b28-16+. The van der Waals surface area contributed by atoms with Gasteiger partial charge in [-0.15, -0.1) is 0 Å². The van der Waals surface area contributed by atoms with Crippen molar-refractivity contribution in [2.75, 3.05) is 17.7 Å². The average molecular weight is 451 g/mol. The smallest absolute Gasteiger partial charge is 0.261 e. The van der Waals surface area contributed by atoms with Gasteiger partial charge in [0, 0.05) is 5.69 Å². The molecule has 0 saturated heterocycles. The molecule has 168 valence electrons. The van der Waals surface area contributed by atoms with Gasteiger partial charge in [0.25, 0.3) is 5.91 Å². The molecule has 3 aromatic carbocycles. The van der Waals surface area contributed by atoms with E-state index in [0.717, 1.165) is 11.3 Å². The molecule has 2 aromatic heterocycles. The first kappa shape index (κ1) is 21.1. The highest BCUT2D eigenvalue weighted by atomic mass is 16.5. The Balaban J connectivity index is 1.61. The average Bonchev–Trinajstić information content (AvgIpc) is 3.13. The van der Waals surface area contributed by atoms with Crippen molar-refractivity contribution in [3.05, 3.63) is 90.0 Å².